The van der Waals surface area contributed by atoms with Crippen molar-refractivity contribution in [1.82, 2.24) is 10.2 Å². The van der Waals surface area contributed by atoms with Crippen molar-refractivity contribution in [3.05, 3.63) is 99.5 Å². The van der Waals surface area contributed by atoms with Crippen LogP contribution in [0.3, 0.4) is 0 Å². The standard InChI is InChI=1S/C29H33BrN2O3/c1-4-16-31-29(34)26(18-23-11-6-5-7-12-23)32(19-24-13-9-14-25(30)17-24)28(33)20-35-27-15-8-10-21(2)22(27)3/h5-15,17,26H,4,16,18-20H2,1-3H3,(H,31,34)/t26-/m1/s1. The van der Waals surface area contributed by atoms with Crippen molar-refractivity contribution in [3.63, 3.8) is 0 Å². The lowest BCUT2D eigenvalue weighted by Crippen LogP contribution is -2.51. The Morgan fingerprint density at radius 1 is 0.971 bits per heavy atom. The summed E-state index contributed by atoms with van der Waals surface area (Å²) in [6.45, 7) is 6.70. The van der Waals surface area contributed by atoms with Gasteiger partial charge in [0.1, 0.15) is 11.8 Å². The van der Waals surface area contributed by atoms with Gasteiger partial charge in [0.25, 0.3) is 5.91 Å². The zero-order valence-corrected chi connectivity index (χ0v) is 22.2. The highest BCUT2D eigenvalue weighted by Crippen LogP contribution is 2.22. The first-order chi connectivity index (χ1) is 16.9. The van der Waals surface area contributed by atoms with Gasteiger partial charge >= 0.3 is 0 Å². The first kappa shape index (κ1) is 26.5. The van der Waals surface area contributed by atoms with E-state index in [9.17, 15) is 9.59 Å². The van der Waals surface area contributed by atoms with Crippen molar-refractivity contribution in [2.75, 3.05) is 13.2 Å². The van der Waals surface area contributed by atoms with Gasteiger partial charge in [-0.05, 0) is 60.7 Å². The zero-order valence-electron chi connectivity index (χ0n) is 20.6. The Labute approximate surface area is 216 Å². The molecule has 0 saturated heterocycles. The summed E-state index contributed by atoms with van der Waals surface area (Å²) in [5, 5.41) is 2.99. The van der Waals surface area contributed by atoms with Gasteiger partial charge in [-0.2, -0.15) is 0 Å². The van der Waals surface area contributed by atoms with Crippen LogP contribution in [0.4, 0.5) is 0 Å². The van der Waals surface area contributed by atoms with E-state index in [1.165, 1.54) is 0 Å². The summed E-state index contributed by atoms with van der Waals surface area (Å²) in [4.78, 5) is 28.6. The first-order valence-corrected chi connectivity index (χ1v) is 12.7. The molecule has 3 aromatic rings. The molecule has 3 rings (SSSR count). The molecule has 0 saturated carbocycles. The van der Waals surface area contributed by atoms with Crippen molar-refractivity contribution in [2.24, 2.45) is 0 Å². The normalized spacial score (nSPS) is 11.5. The second-order valence-corrected chi connectivity index (χ2v) is 9.55. The highest BCUT2D eigenvalue weighted by Gasteiger charge is 2.30. The molecule has 0 spiro atoms. The average Bonchev–Trinajstić information content (AvgIpc) is 2.86. The molecular weight excluding hydrogens is 504 g/mol. The molecule has 2 amide bonds. The van der Waals surface area contributed by atoms with Crippen molar-refractivity contribution >= 4 is 27.7 Å². The van der Waals surface area contributed by atoms with E-state index in [1.807, 2.05) is 93.6 Å². The monoisotopic (exact) mass is 536 g/mol. The number of hydrogen-bond donors (Lipinski definition) is 1. The molecule has 35 heavy (non-hydrogen) atoms. The summed E-state index contributed by atoms with van der Waals surface area (Å²) in [6.07, 6.45) is 1.23. The number of rotatable bonds is 11. The van der Waals surface area contributed by atoms with Crippen LogP contribution < -0.4 is 10.1 Å². The van der Waals surface area contributed by atoms with Crippen LogP contribution in [0.1, 0.15) is 35.6 Å². The Morgan fingerprint density at radius 3 is 2.40 bits per heavy atom. The number of aryl methyl sites for hydroxylation is 1. The third-order valence-corrected chi connectivity index (χ3v) is 6.46. The van der Waals surface area contributed by atoms with Crippen LogP contribution in [0.15, 0.2) is 77.3 Å². The van der Waals surface area contributed by atoms with Gasteiger partial charge in [0.15, 0.2) is 6.61 Å². The zero-order chi connectivity index (χ0) is 25.2. The summed E-state index contributed by atoms with van der Waals surface area (Å²) in [5.41, 5.74) is 4.02. The number of carbonyl (C=O) groups is 2. The van der Waals surface area contributed by atoms with Crippen LogP contribution in [0.25, 0.3) is 0 Å². The van der Waals surface area contributed by atoms with Gasteiger partial charge < -0.3 is 15.0 Å². The summed E-state index contributed by atoms with van der Waals surface area (Å²) < 4.78 is 6.87. The van der Waals surface area contributed by atoms with E-state index in [-0.39, 0.29) is 18.4 Å². The third kappa shape index (κ3) is 7.69. The molecule has 0 heterocycles. The van der Waals surface area contributed by atoms with Crippen LogP contribution in [-0.4, -0.2) is 35.9 Å². The predicted molar refractivity (Wildman–Crippen MR) is 143 cm³/mol. The Hall–Kier alpha value is -3.12. The molecule has 0 radical (unpaired) electrons. The molecule has 0 aromatic heterocycles. The Bertz CT molecular complexity index is 1130. The summed E-state index contributed by atoms with van der Waals surface area (Å²) >= 11 is 3.51. The number of hydrogen-bond acceptors (Lipinski definition) is 3. The van der Waals surface area contributed by atoms with E-state index in [0.717, 1.165) is 33.1 Å². The minimum Gasteiger partial charge on any atom is -0.483 e. The lowest BCUT2D eigenvalue weighted by atomic mass is 10.0. The minimum atomic E-state index is -0.669. The molecule has 0 fully saturated rings. The number of nitrogens with zero attached hydrogens (tertiary/aromatic N) is 1. The summed E-state index contributed by atoms with van der Waals surface area (Å²) in [6, 6.07) is 22.7. The third-order valence-electron chi connectivity index (χ3n) is 5.97. The Morgan fingerprint density at radius 2 is 1.69 bits per heavy atom. The lowest BCUT2D eigenvalue weighted by molar-refractivity contribution is -0.142. The van der Waals surface area contributed by atoms with Gasteiger partial charge in [0, 0.05) is 24.0 Å². The molecular formula is C29H33BrN2O3. The Balaban J connectivity index is 1.91. The second kappa shape index (κ2) is 13.1. The molecule has 1 N–H and O–H groups in total. The van der Waals surface area contributed by atoms with Crippen molar-refractivity contribution in [3.8, 4) is 5.75 Å². The highest BCUT2D eigenvalue weighted by atomic mass is 79.9. The summed E-state index contributed by atoms with van der Waals surface area (Å²) in [5.74, 6) is 0.278. The maximum absolute atomic E-state index is 13.6. The molecule has 0 bridgehead atoms. The van der Waals surface area contributed by atoms with E-state index in [0.29, 0.717) is 25.3 Å². The van der Waals surface area contributed by atoms with Crippen LogP contribution >= 0.6 is 15.9 Å². The van der Waals surface area contributed by atoms with E-state index in [1.54, 1.807) is 4.90 Å². The van der Waals surface area contributed by atoms with Crippen molar-refractivity contribution in [2.45, 2.75) is 46.2 Å². The number of carbonyl (C=O) groups excluding carboxylic acids is 2. The number of amides is 2. The summed E-state index contributed by atoms with van der Waals surface area (Å²) in [7, 11) is 0. The molecule has 6 heteroatoms. The van der Waals surface area contributed by atoms with E-state index < -0.39 is 6.04 Å². The van der Waals surface area contributed by atoms with Crippen LogP contribution in [0, 0.1) is 13.8 Å². The van der Waals surface area contributed by atoms with Gasteiger partial charge in [-0.25, -0.2) is 0 Å². The molecule has 0 aliphatic carbocycles. The van der Waals surface area contributed by atoms with Crippen LogP contribution in [0.2, 0.25) is 0 Å². The van der Waals surface area contributed by atoms with E-state index in [4.69, 9.17) is 4.74 Å². The van der Waals surface area contributed by atoms with Gasteiger partial charge in [0.2, 0.25) is 5.91 Å². The van der Waals surface area contributed by atoms with Gasteiger partial charge in [-0.3, -0.25) is 9.59 Å². The predicted octanol–water partition coefficient (Wildman–Crippen LogP) is 5.61. The average molecular weight is 537 g/mol. The van der Waals surface area contributed by atoms with Crippen molar-refractivity contribution in [1.29, 1.82) is 0 Å². The van der Waals surface area contributed by atoms with E-state index in [2.05, 4.69) is 21.2 Å². The molecule has 0 aliphatic rings. The van der Waals surface area contributed by atoms with Crippen LogP contribution in [-0.2, 0) is 22.6 Å². The SMILES string of the molecule is CCCNC(=O)[C@@H](Cc1ccccc1)N(Cc1cccc(Br)c1)C(=O)COc1cccc(C)c1C. The van der Waals surface area contributed by atoms with Gasteiger partial charge in [-0.1, -0.05) is 77.5 Å². The second-order valence-electron chi connectivity index (χ2n) is 8.63. The fourth-order valence-electron chi connectivity index (χ4n) is 3.85. The maximum Gasteiger partial charge on any atom is 0.261 e. The molecule has 5 nitrogen and oxygen atoms in total. The van der Waals surface area contributed by atoms with Crippen LogP contribution in [0.5, 0.6) is 5.75 Å². The molecule has 3 aromatic carbocycles. The van der Waals surface area contributed by atoms with Gasteiger partial charge in [-0.15, -0.1) is 0 Å². The number of benzene rings is 3. The molecule has 1 atom stereocenters. The quantitative estimate of drug-likeness (QED) is 0.346. The molecule has 0 aliphatic heterocycles. The topological polar surface area (TPSA) is 58.6 Å². The number of ether oxygens (including phenoxy) is 1. The van der Waals surface area contributed by atoms with E-state index >= 15 is 0 Å². The first-order valence-electron chi connectivity index (χ1n) is 11.9. The number of halogens is 1. The van der Waals surface area contributed by atoms with Gasteiger partial charge in [0.05, 0.1) is 0 Å². The Kier molecular flexibility index (Phi) is 9.91. The number of nitrogens with one attached hydrogen (secondary N) is 1. The smallest absolute Gasteiger partial charge is 0.261 e. The fraction of sp³-hybridized carbons (Fsp3) is 0.310. The fourth-order valence-corrected chi connectivity index (χ4v) is 4.30. The molecule has 0 unspecified atom stereocenters. The lowest BCUT2D eigenvalue weighted by Gasteiger charge is -2.31. The van der Waals surface area contributed by atoms with Crippen molar-refractivity contribution < 1.29 is 14.3 Å². The largest absolute Gasteiger partial charge is 0.483 e. The maximum atomic E-state index is 13.6. The minimum absolute atomic E-state index is 0.148. The molecule has 184 valence electrons. The highest BCUT2D eigenvalue weighted by molar-refractivity contribution is 9.10.